The molecule has 0 bridgehead atoms. The molecule has 0 aliphatic rings. The SMILES string of the molecule is Cc1ccc(C(C)(C)CC(C)NCc2ccccn2)o1. The van der Waals surface area contributed by atoms with Crippen LogP contribution < -0.4 is 5.32 Å². The smallest absolute Gasteiger partial charge is 0.109 e. The predicted octanol–water partition coefficient (Wildman–Crippen LogP) is 3.83. The summed E-state index contributed by atoms with van der Waals surface area (Å²) in [5, 5.41) is 3.53. The summed E-state index contributed by atoms with van der Waals surface area (Å²) in [4.78, 5) is 4.33. The van der Waals surface area contributed by atoms with Crippen molar-refractivity contribution in [2.24, 2.45) is 0 Å². The summed E-state index contributed by atoms with van der Waals surface area (Å²) in [7, 11) is 0. The van der Waals surface area contributed by atoms with Gasteiger partial charge in [-0.2, -0.15) is 0 Å². The summed E-state index contributed by atoms with van der Waals surface area (Å²) in [6, 6.07) is 10.5. The number of rotatable bonds is 6. The molecule has 3 nitrogen and oxygen atoms in total. The van der Waals surface area contributed by atoms with E-state index in [1.165, 1.54) is 0 Å². The highest BCUT2D eigenvalue weighted by Crippen LogP contribution is 2.29. The van der Waals surface area contributed by atoms with Crippen molar-refractivity contribution in [2.45, 2.75) is 52.1 Å². The van der Waals surface area contributed by atoms with E-state index in [4.69, 9.17) is 4.42 Å². The van der Waals surface area contributed by atoms with Crippen LogP contribution in [0.25, 0.3) is 0 Å². The largest absolute Gasteiger partial charge is 0.466 e. The van der Waals surface area contributed by atoms with E-state index in [-0.39, 0.29) is 5.41 Å². The van der Waals surface area contributed by atoms with E-state index in [9.17, 15) is 0 Å². The number of pyridine rings is 1. The average molecular weight is 272 g/mol. The minimum absolute atomic E-state index is 0.0325. The highest BCUT2D eigenvalue weighted by atomic mass is 16.3. The predicted molar refractivity (Wildman–Crippen MR) is 81.6 cm³/mol. The zero-order valence-corrected chi connectivity index (χ0v) is 12.8. The van der Waals surface area contributed by atoms with E-state index in [0.29, 0.717) is 6.04 Å². The first-order valence-corrected chi connectivity index (χ1v) is 7.17. The van der Waals surface area contributed by atoms with Gasteiger partial charge in [0.15, 0.2) is 0 Å². The maximum Gasteiger partial charge on any atom is 0.109 e. The van der Waals surface area contributed by atoms with Crippen LogP contribution in [0.5, 0.6) is 0 Å². The first-order chi connectivity index (χ1) is 9.47. The first kappa shape index (κ1) is 14.8. The minimum Gasteiger partial charge on any atom is -0.466 e. The number of nitrogens with one attached hydrogen (secondary N) is 1. The molecule has 20 heavy (non-hydrogen) atoms. The number of hydrogen-bond donors (Lipinski definition) is 1. The van der Waals surface area contributed by atoms with Crippen LogP contribution in [0.2, 0.25) is 0 Å². The molecule has 0 spiro atoms. The maximum absolute atomic E-state index is 5.77. The lowest BCUT2D eigenvalue weighted by Crippen LogP contribution is -2.33. The minimum atomic E-state index is 0.0325. The molecule has 1 unspecified atom stereocenters. The van der Waals surface area contributed by atoms with Crippen molar-refractivity contribution in [3.05, 3.63) is 53.7 Å². The standard InChI is InChI=1S/C17H24N2O/c1-13(19-12-15-7-5-6-10-18-15)11-17(3,4)16-9-8-14(2)20-16/h5-10,13,19H,11-12H2,1-4H3. The second kappa shape index (κ2) is 6.23. The monoisotopic (exact) mass is 272 g/mol. The van der Waals surface area contributed by atoms with E-state index in [0.717, 1.165) is 30.2 Å². The average Bonchev–Trinajstić information content (AvgIpc) is 2.85. The fraction of sp³-hybridized carbons (Fsp3) is 0.471. The number of aromatic nitrogens is 1. The van der Waals surface area contributed by atoms with Crippen LogP contribution in [-0.2, 0) is 12.0 Å². The Hall–Kier alpha value is -1.61. The van der Waals surface area contributed by atoms with Crippen molar-refractivity contribution in [1.82, 2.24) is 10.3 Å². The molecule has 0 amide bonds. The maximum atomic E-state index is 5.77. The summed E-state index contributed by atoms with van der Waals surface area (Å²) in [5.41, 5.74) is 1.11. The molecule has 0 saturated heterocycles. The third-order valence-electron chi connectivity index (χ3n) is 3.58. The number of aryl methyl sites for hydroxylation is 1. The summed E-state index contributed by atoms with van der Waals surface area (Å²) in [6.07, 6.45) is 2.85. The second-order valence-corrected chi connectivity index (χ2v) is 6.10. The zero-order valence-electron chi connectivity index (χ0n) is 12.8. The van der Waals surface area contributed by atoms with Gasteiger partial charge in [-0.3, -0.25) is 4.98 Å². The molecule has 0 saturated carbocycles. The fourth-order valence-electron chi connectivity index (χ4n) is 2.52. The quantitative estimate of drug-likeness (QED) is 0.868. The van der Waals surface area contributed by atoms with Crippen molar-refractivity contribution in [2.75, 3.05) is 0 Å². The molecule has 0 fully saturated rings. The van der Waals surface area contributed by atoms with Crippen LogP contribution in [0, 0.1) is 6.92 Å². The van der Waals surface area contributed by atoms with E-state index < -0.39 is 0 Å². The van der Waals surface area contributed by atoms with Gasteiger partial charge in [-0.15, -0.1) is 0 Å². The van der Waals surface area contributed by atoms with Gasteiger partial charge < -0.3 is 9.73 Å². The third kappa shape index (κ3) is 3.94. The number of hydrogen-bond acceptors (Lipinski definition) is 3. The topological polar surface area (TPSA) is 38.1 Å². The molecule has 2 aromatic heterocycles. The van der Waals surface area contributed by atoms with Crippen LogP contribution in [0.1, 0.15) is 44.4 Å². The molecule has 0 aliphatic heterocycles. The Morgan fingerprint density at radius 3 is 2.65 bits per heavy atom. The van der Waals surface area contributed by atoms with Crippen LogP contribution in [0.15, 0.2) is 40.9 Å². The van der Waals surface area contributed by atoms with E-state index in [2.05, 4.69) is 37.1 Å². The summed E-state index contributed by atoms with van der Waals surface area (Å²) >= 11 is 0. The molecule has 0 aliphatic carbocycles. The molecule has 2 heterocycles. The Bertz CT molecular complexity index is 531. The van der Waals surface area contributed by atoms with Gasteiger partial charge in [0, 0.05) is 24.2 Å². The van der Waals surface area contributed by atoms with Gasteiger partial charge in [0.1, 0.15) is 11.5 Å². The zero-order chi connectivity index (χ0) is 14.6. The summed E-state index contributed by atoms with van der Waals surface area (Å²) in [5.74, 6) is 2.03. The molecular weight excluding hydrogens is 248 g/mol. The van der Waals surface area contributed by atoms with Crippen LogP contribution in [-0.4, -0.2) is 11.0 Å². The highest BCUT2D eigenvalue weighted by Gasteiger charge is 2.26. The van der Waals surface area contributed by atoms with Gasteiger partial charge in [0.05, 0.1) is 5.69 Å². The Morgan fingerprint density at radius 2 is 2.05 bits per heavy atom. The van der Waals surface area contributed by atoms with Gasteiger partial charge in [-0.05, 0) is 44.5 Å². The Kier molecular flexibility index (Phi) is 4.61. The second-order valence-electron chi connectivity index (χ2n) is 6.10. The van der Waals surface area contributed by atoms with E-state index in [1.54, 1.807) is 0 Å². The van der Waals surface area contributed by atoms with Crippen LogP contribution in [0.3, 0.4) is 0 Å². The molecule has 0 aromatic carbocycles. The lowest BCUT2D eigenvalue weighted by atomic mass is 9.83. The highest BCUT2D eigenvalue weighted by molar-refractivity contribution is 5.15. The van der Waals surface area contributed by atoms with E-state index in [1.807, 2.05) is 37.4 Å². The van der Waals surface area contributed by atoms with Gasteiger partial charge in [0.2, 0.25) is 0 Å². The lowest BCUT2D eigenvalue weighted by molar-refractivity contribution is 0.318. The number of nitrogens with zero attached hydrogens (tertiary/aromatic N) is 1. The lowest BCUT2D eigenvalue weighted by Gasteiger charge is -2.26. The van der Waals surface area contributed by atoms with E-state index >= 15 is 0 Å². The van der Waals surface area contributed by atoms with Gasteiger partial charge >= 0.3 is 0 Å². The molecule has 2 aromatic rings. The number of furan rings is 1. The van der Waals surface area contributed by atoms with Crippen molar-refractivity contribution < 1.29 is 4.42 Å². The van der Waals surface area contributed by atoms with Crippen molar-refractivity contribution in [3.8, 4) is 0 Å². The Morgan fingerprint density at radius 1 is 1.25 bits per heavy atom. The van der Waals surface area contributed by atoms with Gasteiger partial charge in [0.25, 0.3) is 0 Å². The van der Waals surface area contributed by atoms with Crippen LogP contribution >= 0.6 is 0 Å². The molecule has 108 valence electrons. The van der Waals surface area contributed by atoms with Gasteiger partial charge in [-0.25, -0.2) is 0 Å². The molecule has 0 radical (unpaired) electrons. The fourth-order valence-corrected chi connectivity index (χ4v) is 2.52. The van der Waals surface area contributed by atoms with Crippen LogP contribution in [0.4, 0.5) is 0 Å². The normalized spacial score (nSPS) is 13.4. The van der Waals surface area contributed by atoms with Crippen molar-refractivity contribution in [1.29, 1.82) is 0 Å². The third-order valence-corrected chi connectivity index (χ3v) is 3.58. The molecule has 1 atom stereocenters. The molecular formula is C17H24N2O. The Balaban J connectivity index is 1.89. The van der Waals surface area contributed by atoms with Crippen molar-refractivity contribution in [3.63, 3.8) is 0 Å². The molecule has 1 N–H and O–H groups in total. The Labute approximate surface area is 121 Å². The first-order valence-electron chi connectivity index (χ1n) is 7.17. The molecule has 2 rings (SSSR count). The summed E-state index contributed by atoms with van der Waals surface area (Å²) < 4.78 is 5.77. The van der Waals surface area contributed by atoms with Gasteiger partial charge in [-0.1, -0.05) is 19.9 Å². The summed E-state index contributed by atoms with van der Waals surface area (Å²) in [6.45, 7) is 9.45. The molecule has 3 heteroatoms. The van der Waals surface area contributed by atoms with Crippen molar-refractivity contribution >= 4 is 0 Å².